The Morgan fingerprint density at radius 3 is 2.74 bits per heavy atom. The fraction of sp³-hybridized carbons (Fsp3) is 0.292. The van der Waals surface area contributed by atoms with E-state index in [-0.39, 0.29) is 12.4 Å². The van der Waals surface area contributed by atoms with Crippen molar-refractivity contribution in [2.75, 3.05) is 18.5 Å². The van der Waals surface area contributed by atoms with Crippen LogP contribution >= 0.6 is 0 Å². The topological polar surface area (TPSA) is 124 Å². The summed E-state index contributed by atoms with van der Waals surface area (Å²) >= 11 is 0. The molecule has 10 nitrogen and oxygen atoms in total. The molecule has 2 N–H and O–H groups in total. The van der Waals surface area contributed by atoms with Gasteiger partial charge in [-0.2, -0.15) is 0 Å². The normalized spacial score (nSPS) is 13.8. The summed E-state index contributed by atoms with van der Waals surface area (Å²) in [5.74, 6) is 0.723. The van der Waals surface area contributed by atoms with Gasteiger partial charge in [0, 0.05) is 43.5 Å². The molecule has 34 heavy (non-hydrogen) atoms. The molecule has 4 aromatic rings. The van der Waals surface area contributed by atoms with Crippen LogP contribution in [0.4, 0.5) is 5.69 Å². The Balaban J connectivity index is 0.000000868. The van der Waals surface area contributed by atoms with Crippen LogP contribution in [0, 0.1) is 6.92 Å². The molecule has 5 rings (SSSR count). The number of carbonyl (C=O) groups is 2. The summed E-state index contributed by atoms with van der Waals surface area (Å²) in [6.07, 6.45) is 9.04. The lowest BCUT2D eigenvalue weighted by Gasteiger charge is -2.23. The lowest BCUT2D eigenvalue weighted by molar-refractivity contribution is -0.122. The van der Waals surface area contributed by atoms with Gasteiger partial charge in [0.05, 0.1) is 18.4 Å². The van der Waals surface area contributed by atoms with E-state index in [0.717, 1.165) is 54.3 Å². The van der Waals surface area contributed by atoms with Crippen molar-refractivity contribution < 1.29 is 19.4 Å². The van der Waals surface area contributed by atoms with Gasteiger partial charge in [0.15, 0.2) is 5.65 Å². The third-order valence-corrected chi connectivity index (χ3v) is 5.79. The fourth-order valence-corrected chi connectivity index (χ4v) is 4.00. The third kappa shape index (κ3) is 5.12. The number of rotatable bonds is 5. The van der Waals surface area contributed by atoms with Gasteiger partial charge in [-0.25, -0.2) is 15.0 Å². The molecule has 0 radical (unpaired) electrons. The molecule has 1 fully saturated rings. The second kappa shape index (κ2) is 10.7. The first-order valence-electron chi connectivity index (χ1n) is 11.0. The quantitative estimate of drug-likeness (QED) is 0.436. The minimum absolute atomic E-state index is 0.204. The van der Waals surface area contributed by atoms with Gasteiger partial charge in [-0.05, 0) is 37.5 Å². The SMILES string of the molecule is Cc1nccn1Cc1ccccc1NC(=O)c1cnc2c(c1)ncn2C1CCOCC1.O=CO. The summed E-state index contributed by atoms with van der Waals surface area (Å²) in [5, 5.41) is 9.92. The van der Waals surface area contributed by atoms with Gasteiger partial charge in [0.2, 0.25) is 0 Å². The van der Waals surface area contributed by atoms with E-state index >= 15 is 0 Å². The predicted octanol–water partition coefficient (Wildman–Crippen LogP) is 3.29. The number of hydrogen-bond acceptors (Lipinski definition) is 6. The molecule has 0 unspecified atom stereocenters. The number of anilines is 1. The van der Waals surface area contributed by atoms with Gasteiger partial charge in [-0.1, -0.05) is 18.2 Å². The van der Waals surface area contributed by atoms with E-state index in [9.17, 15) is 4.79 Å². The molecule has 176 valence electrons. The molecule has 10 heteroatoms. The van der Waals surface area contributed by atoms with Crippen LogP contribution in [-0.4, -0.2) is 54.8 Å². The smallest absolute Gasteiger partial charge is 0.290 e. The number of carbonyl (C=O) groups excluding carboxylic acids is 1. The van der Waals surface area contributed by atoms with E-state index in [4.69, 9.17) is 14.6 Å². The Hall–Kier alpha value is -4.05. The van der Waals surface area contributed by atoms with Crippen LogP contribution in [0.15, 0.2) is 55.2 Å². The van der Waals surface area contributed by atoms with E-state index in [1.54, 1.807) is 18.5 Å². The molecule has 1 aliphatic heterocycles. The van der Waals surface area contributed by atoms with Crippen molar-refractivity contribution in [3.63, 3.8) is 0 Å². The standard InChI is InChI=1S/C23H24N6O2.CH2O2/c1-16-24-8-9-28(16)14-17-4-2-3-5-20(17)27-23(30)18-12-21-22(25-13-18)29(15-26-21)19-6-10-31-11-7-19;2-1-3/h2-5,8-9,12-13,15,19H,6-7,10-11,14H2,1H3,(H,27,30);1H,(H,2,3). The molecule has 0 aliphatic carbocycles. The number of hydrogen-bond donors (Lipinski definition) is 2. The first kappa shape index (κ1) is 23.1. The second-order valence-corrected chi connectivity index (χ2v) is 7.88. The van der Waals surface area contributed by atoms with E-state index in [1.165, 1.54) is 0 Å². The molecule has 1 aromatic carbocycles. The minimum Gasteiger partial charge on any atom is -0.483 e. The highest BCUT2D eigenvalue weighted by Crippen LogP contribution is 2.25. The second-order valence-electron chi connectivity index (χ2n) is 7.88. The molecular weight excluding hydrogens is 436 g/mol. The van der Waals surface area contributed by atoms with Crippen LogP contribution in [0.2, 0.25) is 0 Å². The van der Waals surface area contributed by atoms with Gasteiger partial charge in [0.1, 0.15) is 11.3 Å². The van der Waals surface area contributed by atoms with E-state index in [2.05, 4.69) is 24.8 Å². The molecule has 3 aromatic heterocycles. The van der Waals surface area contributed by atoms with E-state index < -0.39 is 0 Å². The number of aryl methyl sites for hydroxylation is 1. The summed E-state index contributed by atoms with van der Waals surface area (Å²) < 4.78 is 9.60. The van der Waals surface area contributed by atoms with Crippen molar-refractivity contribution in [2.24, 2.45) is 0 Å². The molecule has 1 saturated heterocycles. The number of imidazole rings is 2. The van der Waals surface area contributed by atoms with Crippen LogP contribution in [0.1, 0.15) is 40.6 Å². The Morgan fingerprint density at radius 2 is 2.00 bits per heavy atom. The molecule has 0 atom stereocenters. The molecular formula is C24H26N6O4. The van der Waals surface area contributed by atoms with Crippen LogP contribution in [0.3, 0.4) is 0 Å². The number of para-hydroxylation sites is 1. The van der Waals surface area contributed by atoms with E-state index in [1.807, 2.05) is 48.3 Å². The molecule has 1 amide bonds. The number of fused-ring (bicyclic) bond motifs is 1. The highest BCUT2D eigenvalue weighted by atomic mass is 16.5. The van der Waals surface area contributed by atoms with Crippen molar-refractivity contribution in [3.05, 3.63) is 72.2 Å². The van der Waals surface area contributed by atoms with Crippen molar-refractivity contribution in [1.29, 1.82) is 0 Å². The Labute approximate surface area is 196 Å². The number of amides is 1. The van der Waals surface area contributed by atoms with Crippen molar-refractivity contribution in [3.8, 4) is 0 Å². The maximum atomic E-state index is 13.0. The molecule has 0 saturated carbocycles. The average molecular weight is 463 g/mol. The Morgan fingerprint density at radius 1 is 1.24 bits per heavy atom. The number of aromatic nitrogens is 5. The molecule has 1 aliphatic rings. The van der Waals surface area contributed by atoms with Crippen molar-refractivity contribution >= 4 is 29.2 Å². The van der Waals surface area contributed by atoms with Crippen LogP contribution in [0.25, 0.3) is 11.2 Å². The summed E-state index contributed by atoms with van der Waals surface area (Å²) in [4.78, 5) is 34.6. The van der Waals surface area contributed by atoms with Gasteiger partial charge in [0.25, 0.3) is 12.4 Å². The number of nitrogens with zero attached hydrogens (tertiary/aromatic N) is 5. The number of pyridine rings is 1. The lowest BCUT2D eigenvalue weighted by Crippen LogP contribution is -2.19. The van der Waals surface area contributed by atoms with Crippen LogP contribution in [0.5, 0.6) is 0 Å². The summed E-state index contributed by atoms with van der Waals surface area (Å²) in [7, 11) is 0. The summed E-state index contributed by atoms with van der Waals surface area (Å²) in [5.41, 5.74) is 3.79. The Kier molecular flexibility index (Phi) is 7.28. The van der Waals surface area contributed by atoms with Crippen molar-refractivity contribution in [2.45, 2.75) is 32.4 Å². The number of benzene rings is 1. The molecule has 4 heterocycles. The van der Waals surface area contributed by atoms with Gasteiger partial charge in [-0.15, -0.1) is 0 Å². The predicted molar refractivity (Wildman–Crippen MR) is 126 cm³/mol. The van der Waals surface area contributed by atoms with Crippen molar-refractivity contribution in [1.82, 2.24) is 24.1 Å². The largest absolute Gasteiger partial charge is 0.483 e. The fourth-order valence-electron chi connectivity index (χ4n) is 4.00. The monoisotopic (exact) mass is 462 g/mol. The van der Waals surface area contributed by atoms with Gasteiger partial charge < -0.3 is 24.3 Å². The first-order chi connectivity index (χ1) is 16.6. The number of carboxylic acid groups (broad SMARTS) is 1. The summed E-state index contributed by atoms with van der Waals surface area (Å²) in [6, 6.07) is 9.93. The number of ether oxygens (including phenoxy) is 1. The minimum atomic E-state index is -0.250. The van der Waals surface area contributed by atoms with Gasteiger partial charge >= 0.3 is 0 Å². The highest BCUT2D eigenvalue weighted by Gasteiger charge is 2.19. The van der Waals surface area contributed by atoms with Gasteiger partial charge in [-0.3, -0.25) is 9.59 Å². The molecule has 0 spiro atoms. The third-order valence-electron chi connectivity index (χ3n) is 5.79. The molecule has 0 bridgehead atoms. The lowest BCUT2D eigenvalue weighted by atomic mass is 10.1. The van der Waals surface area contributed by atoms with E-state index in [0.29, 0.717) is 18.2 Å². The zero-order chi connectivity index (χ0) is 23.9. The average Bonchev–Trinajstić information content (AvgIpc) is 3.47. The Bertz CT molecular complexity index is 1280. The number of nitrogens with one attached hydrogen (secondary N) is 1. The maximum Gasteiger partial charge on any atom is 0.290 e. The zero-order valence-corrected chi connectivity index (χ0v) is 18.8. The highest BCUT2D eigenvalue weighted by molar-refractivity contribution is 6.05. The zero-order valence-electron chi connectivity index (χ0n) is 18.8. The first-order valence-corrected chi connectivity index (χ1v) is 11.0. The van der Waals surface area contributed by atoms with Crippen LogP contribution in [-0.2, 0) is 16.1 Å². The maximum absolute atomic E-state index is 13.0. The summed E-state index contributed by atoms with van der Waals surface area (Å²) in [6.45, 7) is 3.85. The van der Waals surface area contributed by atoms with Crippen LogP contribution < -0.4 is 5.32 Å².